The molecule has 1 saturated heterocycles. The van der Waals surface area contributed by atoms with Crippen molar-refractivity contribution in [2.75, 3.05) is 16.8 Å². The Labute approximate surface area is 194 Å². The van der Waals surface area contributed by atoms with E-state index < -0.39 is 34.2 Å². The summed E-state index contributed by atoms with van der Waals surface area (Å²) in [5, 5.41) is 13.8. The molecule has 0 unspecified atom stereocenters. The molecule has 2 heterocycles. The fraction of sp³-hybridized carbons (Fsp3) is 0.160. The highest BCUT2D eigenvalue weighted by atomic mass is 16.6. The number of imide groups is 2. The summed E-state index contributed by atoms with van der Waals surface area (Å²) in [6, 6.07) is 20.3. The number of amides is 4. The number of nitro groups is 1. The van der Waals surface area contributed by atoms with Gasteiger partial charge in [-0.05, 0) is 29.3 Å². The van der Waals surface area contributed by atoms with Crippen molar-refractivity contribution in [3.8, 4) is 0 Å². The maximum absolute atomic E-state index is 14.2. The summed E-state index contributed by atoms with van der Waals surface area (Å²) in [6.07, 6.45) is -0.102. The van der Waals surface area contributed by atoms with Gasteiger partial charge in [0.15, 0.2) is 5.41 Å². The monoisotopic (exact) mass is 456 g/mol. The minimum Gasteiger partial charge on any atom is -0.366 e. The van der Waals surface area contributed by atoms with Crippen molar-refractivity contribution in [3.05, 3.63) is 100 Å². The van der Waals surface area contributed by atoms with Crippen LogP contribution in [0.25, 0.3) is 0 Å². The molecule has 1 fully saturated rings. The highest BCUT2D eigenvalue weighted by Gasteiger charge is 2.62. The van der Waals surface area contributed by atoms with Crippen LogP contribution in [0.5, 0.6) is 0 Å². The molecule has 0 aliphatic carbocycles. The minimum atomic E-state index is -1.73. The predicted molar refractivity (Wildman–Crippen MR) is 124 cm³/mol. The van der Waals surface area contributed by atoms with Gasteiger partial charge in [-0.2, -0.15) is 0 Å². The first-order valence-electron chi connectivity index (χ1n) is 10.6. The van der Waals surface area contributed by atoms with E-state index in [1.54, 1.807) is 48.3 Å². The number of anilines is 2. The molecule has 2 atom stereocenters. The third-order valence-corrected chi connectivity index (χ3v) is 6.52. The van der Waals surface area contributed by atoms with Gasteiger partial charge in [-0.25, -0.2) is 9.69 Å². The Balaban J connectivity index is 1.75. The predicted octanol–water partition coefficient (Wildman–Crippen LogP) is 3.60. The highest BCUT2D eigenvalue weighted by molar-refractivity contribution is 6.30. The van der Waals surface area contributed by atoms with Gasteiger partial charge in [0.1, 0.15) is 0 Å². The van der Waals surface area contributed by atoms with Gasteiger partial charge in [-0.3, -0.25) is 25.0 Å². The van der Waals surface area contributed by atoms with Gasteiger partial charge in [0.05, 0.1) is 16.7 Å². The Kier molecular flexibility index (Phi) is 4.89. The summed E-state index contributed by atoms with van der Waals surface area (Å²) in [6.45, 7) is 0. The Morgan fingerprint density at radius 3 is 2.26 bits per heavy atom. The zero-order valence-electron chi connectivity index (χ0n) is 18.2. The smallest absolute Gasteiger partial charge is 0.335 e. The molecule has 5 rings (SSSR count). The quantitative estimate of drug-likeness (QED) is 0.366. The van der Waals surface area contributed by atoms with Gasteiger partial charge in [0, 0.05) is 31.3 Å². The van der Waals surface area contributed by atoms with Crippen LogP contribution in [0.3, 0.4) is 0 Å². The van der Waals surface area contributed by atoms with Crippen LogP contribution in [0.4, 0.5) is 21.9 Å². The van der Waals surface area contributed by atoms with Crippen LogP contribution < -0.4 is 15.1 Å². The van der Waals surface area contributed by atoms with Crippen molar-refractivity contribution in [3.63, 3.8) is 0 Å². The van der Waals surface area contributed by atoms with Gasteiger partial charge in [0.2, 0.25) is 5.91 Å². The summed E-state index contributed by atoms with van der Waals surface area (Å²) >= 11 is 0. The largest absolute Gasteiger partial charge is 0.366 e. The lowest BCUT2D eigenvalue weighted by atomic mass is 9.66. The van der Waals surface area contributed by atoms with Gasteiger partial charge in [0.25, 0.3) is 11.6 Å². The van der Waals surface area contributed by atoms with Crippen molar-refractivity contribution in [1.82, 2.24) is 5.32 Å². The second-order valence-electron chi connectivity index (χ2n) is 8.38. The van der Waals surface area contributed by atoms with E-state index in [0.29, 0.717) is 22.5 Å². The Hall–Kier alpha value is -4.53. The molecule has 3 aromatic carbocycles. The van der Waals surface area contributed by atoms with E-state index in [1.807, 2.05) is 30.3 Å². The second-order valence-corrected chi connectivity index (χ2v) is 8.38. The summed E-state index contributed by atoms with van der Waals surface area (Å²) in [5.41, 5.74) is 0.321. The topological polar surface area (TPSA) is 113 Å². The van der Waals surface area contributed by atoms with Gasteiger partial charge >= 0.3 is 6.03 Å². The zero-order valence-corrected chi connectivity index (χ0v) is 18.2. The molecule has 0 radical (unpaired) electrons. The summed E-state index contributed by atoms with van der Waals surface area (Å²) in [4.78, 5) is 54.3. The van der Waals surface area contributed by atoms with Crippen LogP contribution in [0, 0.1) is 15.5 Å². The Bertz CT molecular complexity index is 1330. The average Bonchev–Trinajstić information content (AvgIpc) is 2.84. The number of hydrogen-bond acceptors (Lipinski definition) is 6. The van der Waals surface area contributed by atoms with Crippen LogP contribution in [0.2, 0.25) is 0 Å². The number of carbonyl (C=O) groups is 3. The van der Waals surface area contributed by atoms with Gasteiger partial charge in [-0.1, -0.05) is 48.5 Å². The number of carbonyl (C=O) groups excluding carboxylic acids is 3. The molecule has 170 valence electrons. The number of urea groups is 1. The van der Waals surface area contributed by atoms with E-state index >= 15 is 0 Å². The SMILES string of the molecule is CN1c2ccc([N+](=O)[O-])cc2C[C@@]2(C(=O)NC(=O)N(c3ccccc3)C2=O)[C@H]1c1ccccc1. The molecule has 2 aliphatic heterocycles. The first-order chi connectivity index (χ1) is 16.3. The maximum Gasteiger partial charge on any atom is 0.335 e. The number of nitrogens with one attached hydrogen (secondary N) is 1. The van der Waals surface area contributed by atoms with Crippen molar-refractivity contribution < 1.29 is 19.3 Å². The summed E-state index contributed by atoms with van der Waals surface area (Å²) in [7, 11) is 1.74. The van der Waals surface area contributed by atoms with Crippen LogP contribution in [-0.2, 0) is 16.0 Å². The van der Waals surface area contributed by atoms with Crippen molar-refractivity contribution in [1.29, 1.82) is 0 Å². The third-order valence-electron chi connectivity index (χ3n) is 6.52. The number of para-hydroxylation sites is 1. The lowest BCUT2D eigenvalue weighted by Gasteiger charge is -2.50. The second kappa shape index (κ2) is 7.80. The van der Waals surface area contributed by atoms with E-state index in [2.05, 4.69) is 5.32 Å². The number of rotatable bonds is 3. The van der Waals surface area contributed by atoms with Crippen LogP contribution in [0.15, 0.2) is 78.9 Å². The Morgan fingerprint density at radius 2 is 1.62 bits per heavy atom. The molecular weight excluding hydrogens is 436 g/mol. The van der Waals surface area contributed by atoms with Crippen molar-refractivity contribution in [2.45, 2.75) is 12.5 Å². The minimum absolute atomic E-state index is 0.102. The normalized spacial score (nSPS) is 21.9. The maximum atomic E-state index is 14.2. The number of hydrogen-bond donors (Lipinski definition) is 1. The number of nitrogens with zero attached hydrogens (tertiary/aromatic N) is 3. The van der Waals surface area contributed by atoms with Crippen molar-refractivity contribution >= 4 is 34.9 Å². The number of barbiturate groups is 1. The number of fused-ring (bicyclic) bond motifs is 1. The molecule has 3 aromatic rings. The average molecular weight is 456 g/mol. The van der Waals surface area contributed by atoms with Crippen molar-refractivity contribution in [2.24, 2.45) is 5.41 Å². The van der Waals surface area contributed by atoms with Crippen LogP contribution in [0.1, 0.15) is 17.2 Å². The summed E-state index contributed by atoms with van der Waals surface area (Å²) in [5.74, 6) is -1.40. The molecule has 9 nitrogen and oxygen atoms in total. The van der Waals surface area contributed by atoms with E-state index in [1.165, 1.54) is 12.1 Å². The molecule has 4 amide bonds. The molecule has 0 saturated carbocycles. The van der Waals surface area contributed by atoms with Gasteiger partial charge in [-0.15, -0.1) is 0 Å². The van der Waals surface area contributed by atoms with Crippen LogP contribution >= 0.6 is 0 Å². The van der Waals surface area contributed by atoms with Crippen LogP contribution in [-0.4, -0.2) is 29.8 Å². The molecule has 0 bridgehead atoms. The van der Waals surface area contributed by atoms with Gasteiger partial charge < -0.3 is 4.90 Å². The number of non-ortho nitro benzene ring substituents is 1. The number of nitro benzene ring substituents is 1. The molecule has 34 heavy (non-hydrogen) atoms. The standard InChI is InChI=1S/C25H20N4O5/c1-27-20-13-12-19(29(33)34)14-17(20)15-25(21(27)16-8-4-2-5-9-16)22(30)26-24(32)28(23(25)31)18-10-6-3-7-11-18/h2-14,21H,15H2,1H3,(H,26,30,32)/t21-,25+/m1/s1. The molecule has 1 spiro atoms. The fourth-order valence-corrected chi connectivity index (χ4v) is 5.04. The third kappa shape index (κ3) is 3.05. The Morgan fingerprint density at radius 1 is 0.971 bits per heavy atom. The zero-order chi connectivity index (χ0) is 24.0. The first-order valence-corrected chi connectivity index (χ1v) is 10.6. The molecule has 1 N–H and O–H groups in total. The molecule has 9 heteroatoms. The van der Waals surface area contributed by atoms with E-state index in [0.717, 1.165) is 4.90 Å². The lowest BCUT2D eigenvalue weighted by Crippen LogP contribution is -2.69. The van der Waals surface area contributed by atoms with E-state index in [-0.39, 0.29) is 12.1 Å². The lowest BCUT2D eigenvalue weighted by molar-refractivity contribution is -0.384. The number of benzene rings is 3. The molecular formula is C25H20N4O5. The molecule has 0 aromatic heterocycles. The molecule has 2 aliphatic rings. The first kappa shape index (κ1) is 21.3. The van der Waals surface area contributed by atoms with E-state index in [9.17, 15) is 24.5 Å². The highest BCUT2D eigenvalue weighted by Crippen LogP contribution is 2.51. The summed E-state index contributed by atoms with van der Waals surface area (Å²) < 4.78 is 0. The van der Waals surface area contributed by atoms with E-state index in [4.69, 9.17) is 0 Å². The fourth-order valence-electron chi connectivity index (χ4n) is 5.04.